The van der Waals surface area contributed by atoms with Gasteiger partial charge in [-0.25, -0.2) is 4.79 Å². The SMILES string of the molecule is CCOC(=O)c1nnc(-c2sccc2C)o1. The van der Waals surface area contributed by atoms with Crippen molar-refractivity contribution >= 4 is 17.3 Å². The van der Waals surface area contributed by atoms with Gasteiger partial charge in [0, 0.05) is 0 Å². The minimum absolute atomic E-state index is 0.107. The predicted molar refractivity (Wildman–Crippen MR) is 58.3 cm³/mol. The van der Waals surface area contributed by atoms with Gasteiger partial charge in [0.25, 0.3) is 5.89 Å². The lowest BCUT2D eigenvalue weighted by molar-refractivity contribution is 0.0481. The van der Waals surface area contributed by atoms with Crippen molar-refractivity contribution in [2.24, 2.45) is 0 Å². The van der Waals surface area contributed by atoms with Crippen LogP contribution in [0.4, 0.5) is 0 Å². The van der Waals surface area contributed by atoms with Crippen LogP contribution in [0.2, 0.25) is 0 Å². The van der Waals surface area contributed by atoms with Gasteiger partial charge >= 0.3 is 11.9 Å². The van der Waals surface area contributed by atoms with Crippen LogP contribution in [0.5, 0.6) is 0 Å². The maximum Gasteiger partial charge on any atom is 0.396 e. The molecule has 2 heterocycles. The molecule has 0 spiro atoms. The number of hydrogen-bond acceptors (Lipinski definition) is 6. The summed E-state index contributed by atoms with van der Waals surface area (Å²) in [6.45, 7) is 3.95. The fraction of sp³-hybridized carbons (Fsp3) is 0.300. The third kappa shape index (κ3) is 1.96. The molecule has 2 aromatic heterocycles. The Morgan fingerprint density at radius 1 is 1.56 bits per heavy atom. The summed E-state index contributed by atoms with van der Waals surface area (Å²) >= 11 is 1.49. The zero-order valence-electron chi connectivity index (χ0n) is 8.89. The molecule has 0 saturated carbocycles. The fourth-order valence-electron chi connectivity index (χ4n) is 1.18. The molecule has 0 fully saturated rings. The Hall–Kier alpha value is -1.69. The van der Waals surface area contributed by atoms with Crippen molar-refractivity contribution in [3.63, 3.8) is 0 Å². The minimum Gasteiger partial charge on any atom is -0.459 e. The van der Waals surface area contributed by atoms with Gasteiger partial charge in [0.05, 0.1) is 11.5 Å². The van der Waals surface area contributed by atoms with E-state index in [-0.39, 0.29) is 12.5 Å². The van der Waals surface area contributed by atoms with Crippen LogP contribution in [0.3, 0.4) is 0 Å². The average Bonchev–Trinajstić information content (AvgIpc) is 2.86. The number of thiophene rings is 1. The number of esters is 1. The molecule has 2 rings (SSSR count). The summed E-state index contributed by atoms with van der Waals surface area (Å²) in [5.41, 5.74) is 1.05. The molecule has 0 aromatic carbocycles. The smallest absolute Gasteiger partial charge is 0.396 e. The molecular formula is C10H10N2O3S. The first kappa shape index (κ1) is 10.8. The molecule has 5 nitrogen and oxygen atoms in total. The molecule has 0 saturated heterocycles. The lowest BCUT2D eigenvalue weighted by Crippen LogP contribution is -2.04. The van der Waals surface area contributed by atoms with Gasteiger partial charge in [-0.2, -0.15) is 0 Å². The Kier molecular flexibility index (Phi) is 3.00. The first-order valence-electron chi connectivity index (χ1n) is 4.77. The molecule has 2 aromatic rings. The average molecular weight is 238 g/mol. The number of aromatic nitrogens is 2. The Bertz CT molecular complexity index is 504. The molecule has 0 unspecified atom stereocenters. The molecule has 0 atom stereocenters. The molecular weight excluding hydrogens is 228 g/mol. The summed E-state index contributed by atoms with van der Waals surface area (Å²) in [6.07, 6.45) is 0. The highest BCUT2D eigenvalue weighted by molar-refractivity contribution is 7.13. The molecule has 0 aliphatic heterocycles. The van der Waals surface area contributed by atoms with E-state index in [9.17, 15) is 4.79 Å². The lowest BCUT2D eigenvalue weighted by Gasteiger charge is -1.94. The van der Waals surface area contributed by atoms with Crippen molar-refractivity contribution in [1.82, 2.24) is 10.2 Å². The summed E-state index contributed by atoms with van der Waals surface area (Å²) in [5.74, 6) is -0.337. The lowest BCUT2D eigenvalue weighted by atomic mass is 10.3. The third-order valence-electron chi connectivity index (χ3n) is 1.93. The van der Waals surface area contributed by atoms with Crippen LogP contribution in [0.25, 0.3) is 10.8 Å². The summed E-state index contributed by atoms with van der Waals surface area (Å²) in [4.78, 5) is 12.2. The van der Waals surface area contributed by atoms with Gasteiger partial charge in [0.2, 0.25) is 0 Å². The van der Waals surface area contributed by atoms with Gasteiger partial charge < -0.3 is 9.15 Å². The van der Waals surface area contributed by atoms with Gasteiger partial charge in [0.15, 0.2) is 0 Å². The quantitative estimate of drug-likeness (QED) is 0.767. The fourth-order valence-corrected chi connectivity index (χ4v) is 2.03. The highest BCUT2D eigenvalue weighted by Gasteiger charge is 2.18. The number of hydrogen-bond donors (Lipinski definition) is 0. The van der Waals surface area contributed by atoms with Crippen molar-refractivity contribution in [1.29, 1.82) is 0 Å². The maximum atomic E-state index is 11.3. The van der Waals surface area contributed by atoms with E-state index < -0.39 is 5.97 Å². The Labute approximate surface area is 96.1 Å². The van der Waals surface area contributed by atoms with Crippen molar-refractivity contribution in [2.75, 3.05) is 6.61 Å². The van der Waals surface area contributed by atoms with E-state index in [2.05, 4.69) is 10.2 Å². The molecule has 6 heteroatoms. The number of rotatable bonds is 3. The second-order valence-electron chi connectivity index (χ2n) is 3.07. The van der Waals surface area contributed by atoms with Gasteiger partial charge in [-0.3, -0.25) is 0 Å². The van der Waals surface area contributed by atoms with Crippen LogP contribution in [-0.4, -0.2) is 22.8 Å². The van der Waals surface area contributed by atoms with Gasteiger partial charge in [-0.05, 0) is 30.9 Å². The molecule has 0 aliphatic carbocycles. The van der Waals surface area contributed by atoms with Crippen molar-refractivity contribution in [3.8, 4) is 10.8 Å². The molecule has 16 heavy (non-hydrogen) atoms. The van der Waals surface area contributed by atoms with Crippen LogP contribution in [0.15, 0.2) is 15.9 Å². The third-order valence-corrected chi connectivity index (χ3v) is 2.94. The number of carbonyl (C=O) groups is 1. The van der Waals surface area contributed by atoms with Crippen molar-refractivity contribution in [3.05, 3.63) is 22.9 Å². The standard InChI is InChI=1S/C10H10N2O3S/c1-3-14-10(13)9-12-11-8(15-9)7-6(2)4-5-16-7/h4-5H,3H2,1-2H3. The minimum atomic E-state index is -0.588. The highest BCUT2D eigenvalue weighted by atomic mass is 32.1. The summed E-state index contributed by atoms with van der Waals surface area (Å²) in [7, 11) is 0. The summed E-state index contributed by atoms with van der Waals surface area (Å²) in [6, 6.07) is 1.95. The van der Waals surface area contributed by atoms with Crippen LogP contribution in [0.1, 0.15) is 23.2 Å². The van der Waals surface area contributed by atoms with E-state index in [4.69, 9.17) is 9.15 Å². The molecule has 0 bridgehead atoms. The Morgan fingerprint density at radius 3 is 3.00 bits per heavy atom. The molecule has 84 valence electrons. The molecule has 0 N–H and O–H groups in total. The number of carbonyl (C=O) groups excluding carboxylic acids is 1. The summed E-state index contributed by atoms with van der Waals surface area (Å²) in [5, 5.41) is 9.39. The number of aryl methyl sites for hydroxylation is 1. The number of nitrogens with zero attached hydrogens (tertiary/aromatic N) is 2. The second-order valence-corrected chi connectivity index (χ2v) is 3.98. The monoisotopic (exact) mass is 238 g/mol. The second kappa shape index (κ2) is 4.44. The Balaban J connectivity index is 2.26. The van der Waals surface area contributed by atoms with Crippen LogP contribution in [-0.2, 0) is 4.74 Å². The topological polar surface area (TPSA) is 65.2 Å². The van der Waals surface area contributed by atoms with E-state index in [1.807, 2.05) is 18.4 Å². The Morgan fingerprint density at radius 2 is 2.38 bits per heavy atom. The first-order valence-corrected chi connectivity index (χ1v) is 5.65. The van der Waals surface area contributed by atoms with E-state index in [1.165, 1.54) is 11.3 Å². The molecule has 0 amide bonds. The maximum absolute atomic E-state index is 11.3. The first-order chi connectivity index (χ1) is 7.72. The zero-order valence-corrected chi connectivity index (χ0v) is 9.71. The largest absolute Gasteiger partial charge is 0.459 e. The van der Waals surface area contributed by atoms with Gasteiger partial charge in [-0.1, -0.05) is 0 Å². The van der Waals surface area contributed by atoms with E-state index in [0.29, 0.717) is 5.89 Å². The van der Waals surface area contributed by atoms with Crippen LogP contribution < -0.4 is 0 Å². The van der Waals surface area contributed by atoms with E-state index in [1.54, 1.807) is 6.92 Å². The van der Waals surface area contributed by atoms with Crippen LogP contribution in [0, 0.1) is 6.92 Å². The molecule has 0 radical (unpaired) electrons. The zero-order chi connectivity index (χ0) is 11.5. The number of ether oxygens (including phenoxy) is 1. The van der Waals surface area contributed by atoms with Crippen molar-refractivity contribution in [2.45, 2.75) is 13.8 Å². The van der Waals surface area contributed by atoms with Gasteiger partial charge in [0.1, 0.15) is 0 Å². The van der Waals surface area contributed by atoms with Crippen molar-refractivity contribution < 1.29 is 13.9 Å². The predicted octanol–water partition coefficient (Wildman–Crippen LogP) is 2.28. The molecule has 0 aliphatic rings. The highest BCUT2D eigenvalue weighted by Crippen LogP contribution is 2.27. The van der Waals surface area contributed by atoms with E-state index in [0.717, 1.165) is 10.4 Å². The van der Waals surface area contributed by atoms with Crippen LogP contribution >= 0.6 is 11.3 Å². The normalized spacial score (nSPS) is 10.4. The summed E-state index contributed by atoms with van der Waals surface area (Å²) < 4.78 is 9.99. The van der Waals surface area contributed by atoms with Gasteiger partial charge in [-0.15, -0.1) is 21.5 Å². The van der Waals surface area contributed by atoms with E-state index >= 15 is 0 Å².